The molecule has 24 heavy (non-hydrogen) atoms. The van der Waals surface area contributed by atoms with Crippen LogP contribution in [0.1, 0.15) is 41.1 Å². The molecule has 0 aliphatic carbocycles. The van der Waals surface area contributed by atoms with Crippen molar-refractivity contribution in [3.63, 3.8) is 0 Å². The molecular weight excluding hydrogens is 306 g/mol. The zero-order chi connectivity index (χ0) is 17.3. The first kappa shape index (κ1) is 16.1. The number of aromatic nitrogens is 2. The zero-order valence-electron chi connectivity index (χ0n) is 13.7. The van der Waals surface area contributed by atoms with Crippen LogP contribution in [0.15, 0.2) is 30.3 Å². The number of aryl methyl sites for hydroxylation is 1. The van der Waals surface area contributed by atoms with Gasteiger partial charge in [0.25, 0.3) is 0 Å². The fourth-order valence-electron chi connectivity index (χ4n) is 3.12. The Labute approximate surface area is 140 Å². The van der Waals surface area contributed by atoms with Crippen molar-refractivity contribution in [3.05, 3.63) is 47.4 Å². The quantitative estimate of drug-likeness (QED) is 0.937. The number of carbonyl (C=O) groups excluding carboxylic acids is 1. The Balaban J connectivity index is 1.99. The number of aromatic carboxylic acids is 1. The van der Waals surface area contributed by atoms with Crippen LogP contribution in [0.2, 0.25) is 0 Å². The van der Waals surface area contributed by atoms with E-state index in [2.05, 4.69) is 9.97 Å². The fraction of sp³-hybridized carbons (Fsp3) is 0.333. The third-order valence-electron chi connectivity index (χ3n) is 4.34. The van der Waals surface area contributed by atoms with Gasteiger partial charge < -0.3 is 10.0 Å². The molecule has 0 radical (unpaired) electrons. The Bertz CT molecular complexity index is 804. The second kappa shape index (κ2) is 6.39. The molecule has 1 N–H and O–H groups in total. The number of hydrogen-bond donors (Lipinski definition) is 1. The summed E-state index contributed by atoms with van der Waals surface area (Å²) >= 11 is 0. The molecule has 1 atom stereocenters. The first-order valence-corrected chi connectivity index (χ1v) is 7.89. The minimum atomic E-state index is -0.980. The van der Waals surface area contributed by atoms with E-state index in [1.54, 1.807) is 38.1 Å². The van der Waals surface area contributed by atoms with Gasteiger partial charge in [0, 0.05) is 37.2 Å². The first-order chi connectivity index (χ1) is 11.5. The van der Waals surface area contributed by atoms with Gasteiger partial charge in [0.1, 0.15) is 5.82 Å². The summed E-state index contributed by atoms with van der Waals surface area (Å²) in [6.07, 6.45) is 0.857. The summed E-state index contributed by atoms with van der Waals surface area (Å²) < 4.78 is 0. The molecular formula is C18H19N3O3. The van der Waals surface area contributed by atoms with Gasteiger partial charge in [-0.3, -0.25) is 4.79 Å². The Kier molecular flexibility index (Phi) is 4.29. The molecule has 2 aromatic rings. The van der Waals surface area contributed by atoms with E-state index in [0.29, 0.717) is 23.6 Å². The number of hydrogen-bond acceptors (Lipinski definition) is 4. The molecule has 2 heterocycles. The molecule has 1 saturated heterocycles. The molecule has 6 nitrogen and oxygen atoms in total. The van der Waals surface area contributed by atoms with E-state index >= 15 is 0 Å². The number of carbonyl (C=O) groups is 2. The van der Waals surface area contributed by atoms with Crippen molar-refractivity contribution in [2.45, 2.75) is 26.2 Å². The number of rotatable bonds is 3. The molecule has 0 spiro atoms. The van der Waals surface area contributed by atoms with Crippen molar-refractivity contribution in [1.29, 1.82) is 0 Å². The Morgan fingerprint density at radius 2 is 2.00 bits per heavy atom. The molecule has 0 unspecified atom stereocenters. The number of nitrogens with zero attached hydrogens (tertiary/aromatic N) is 3. The van der Waals surface area contributed by atoms with Crippen LogP contribution >= 0.6 is 0 Å². The van der Waals surface area contributed by atoms with Crippen LogP contribution in [0.25, 0.3) is 11.3 Å². The van der Waals surface area contributed by atoms with Crippen molar-refractivity contribution in [1.82, 2.24) is 14.9 Å². The van der Waals surface area contributed by atoms with Crippen LogP contribution in [0.4, 0.5) is 0 Å². The largest absolute Gasteiger partial charge is 0.478 e. The van der Waals surface area contributed by atoms with E-state index < -0.39 is 5.97 Å². The molecule has 0 bridgehead atoms. The summed E-state index contributed by atoms with van der Waals surface area (Å²) in [6, 6.07) is 8.67. The third-order valence-corrected chi connectivity index (χ3v) is 4.34. The maximum absolute atomic E-state index is 11.5. The van der Waals surface area contributed by atoms with E-state index in [1.165, 1.54) is 0 Å². The number of carboxylic acids is 1. The van der Waals surface area contributed by atoms with Crippen molar-refractivity contribution < 1.29 is 14.7 Å². The van der Waals surface area contributed by atoms with Gasteiger partial charge >= 0.3 is 5.97 Å². The molecule has 3 rings (SSSR count). The highest BCUT2D eigenvalue weighted by Gasteiger charge is 2.27. The van der Waals surface area contributed by atoms with E-state index in [-0.39, 0.29) is 17.4 Å². The van der Waals surface area contributed by atoms with Gasteiger partial charge in [0.15, 0.2) is 0 Å². The maximum Gasteiger partial charge on any atom is 0.336 e. The van der Waals surface area contributed by atoms with Gasteiger partial charge in [0.05, 0.1) is 11.3 Å². The van der Waals surface area contributed by atoms with E-state index in [1.807, 2.05) is 11.0 Å². The van der Waals surface area contributed by atoms with Gasteiger partial charge in [-0.05, 0) is 25.5 Å². The molecule has 1 aliphatic heterocycles. The highest BCUT2D eigenvalue weighted by molar-refractivity contribution is 5.95. The SMILES string of the molecule is CC(=O)N1CC[C@@H](c2cc(-c3ccccc3C(=O)O)nc(C)n2)C1. The average Bonchev–Trinajstić information content (AvgIpc) is 3.04. The molecule has 1 aromatic heterocycles. The maximum atomic E-state index is 11.5. The van der Waals surface area contributed by atoms with Crippen molar-refractivity contribution in [3.8, 4) is 11.3 Å². The Hall–Kier alpha value is -2.76. The molecule has 1 aliphatic rings. The van der Waals surface area contributed by atoms with Gasteiger partial charge in [0.2, 0.25) is 5.91 Å². The standard InChI is InChI=1S/C18H19N3O3/c1-11-19-16(13-7-8-21(10-13)12(2)22)9-17(20-11)14-5-3-4-6-15(14)18(23)24/h3-6,9,13H,7-8,10H2,1-2H3,(H,23,24)/t13-/m1/s1. The topological polar surface area (TPSA) is 83.4 Å². The summed E-state index contributed by atoms with van der Waals surface area (Å²) in [4.78, 5) is 33.7. The predicted molar refractivity (Wildman–Crippen MR) is 88.8 cm³/mol. The van der Waals surface area contributed by atoms with E-state index in [9.17, 15) is 14.7 Å². The van der Waals surface area contributed by atoms with Gasteiger partial charge in [-0.1, -0.05) is 18.2 Å². The lowest BCUT2D eigenvalue weighted by molar-refractivity contribution is -0.127. The van der Waals surface area contributed by atoms with Crippen molar-refractivity contribution >= 4 is 11.9 Å². The van der Waals surface area contributed by atoms with Crippen LogP contribution in [-0.2, 0) is 4.79 Å². The number of amides is 1. The smallest absolute Gasteiger partial charge is 0.336 e. The lowest BCUT2D eigenvalue weighted by atomic mass is 9.99. The fourth-order valence-corrected chi connectivity index (χ4v) is 3.12. The molecule has 1 fully saturated rings. The summed E-state index contributed by atoms with van der Waals surface area (Å²) in [5, 5.41) is 9.39. The van der Waals surface area contributed by atoms with Gasteiger partial charge in [-0.2, -0.15) is 0 Å². The highest BCUT2D eigenvalue weighted by atomic mass is 16.4. The minimum absolute atomic E-state index is 0.0692. The Morgan fingerprint density at radius 1 is 1.25 bits per heavy atom. The van der Waals surface area contributed by atoms with Crippen molar-refractivity contribution in [2.24, 2.45) is 0 Å². The molecule has 0 saturated carbocycles. The highest BCUT2D eigenvalue weighted by Crippen LogP contribution is 2.29. The number of benzene rings is 1. The van der Waals surface area contributed by atoms with Crippen LogP contribution in [-0.4, -0.2) is 44.9 Å². The zero-order valence-corrected chi connectivity index (χ0v) is 13.7. The summed E-state index contributed by atoms with van der Waals surface area (Å²) in [7, 11) is 0. The molecule has 1 amide bonds. The van der Waals surface area contributed by atoms with Crippen LogP contribution in [0, 0.1) is 6.92 Å². The summed E-state index contributed by atoms with van der Waals surface area (Å²) in [5.41, 5.74) is 2.27. The first-order valence-electron chi connectivity index (χ1n) is 7.89. The summed E-state index contributed by atoms with van der Waals surface area (Å²) in [5.74, 6) is -0.151. The van der Waals surface area contributed by atoms with Crippen molar-refractivity contribution in [2.75, 3.05) is 13.1 Å². The average molecular weight is 325 g/mol. The van der Waals surface area contributed by atoms with Gasteiger partial charge in [-0.15, -0.1) is 0 Å². The molecule has 1 aromatic carbocycles. The predicted octanol–water partition coefficient (Wildman–Crippen LogP) is 2.49. The van der Waals surface area contributed by atoms with Crippen LogP contribution < -0.4 is 0 Å². The lowest BCUT2D eigenvalue weighted by Crippen LogP contribution is -2.25. The Morgan fingerprint density at radius 3 is 2.67 bits per heavy atom. The molecule has 6 heteroatoms. The monoisotopic (exact) mass is 325 g/mol. The number of likely N-dealkylation sites (tertiary alicyclic amines) is 1. The van der Waals surface area contributed by atoms with Gasteiger partial charge in [-0.25, -0.2) is 14.8 Å². The van der Waals surface area contributed by atoms with Crippen LogP contribution in [0.3, 0.4) is 0 Å². The number of carboxylic acid groups (broad SMARTS) is 1. The third kappa shape index (κ3) is 3.13. The molecule has 124 valence electrons. The van der Waals surface area contributed by atoms with E-state index in [4.69, 9.17) is 0 Å². The second-order valence-corrected chi connectivity index (χ2v) is 6.03. The van der Waals surface area contributed by atoms with E-state index in [0.717, 1.165) is 18.7 Å². The lowest BCUT2D eigenvalue weighted by Gasteiger charge is -2.15. The normalized spacial score (nSPS) is 17.1. The van der Waals surface area contributed by atoms with Crippen LogP contribution in [0.5, 0.6) is 0 Å². The second-order valence-electron chi connectivity index (χ2n) is 6.03. The summed E-state index contributed by atoms with van der Waals surface area (Å²) in [6.45, 7) is 4.74. The minimum Gasteiger partial charge on any atom is -0.478 e.